The van der Waals surface area contributed by atoms with Crippen LogP contribution in [0.5, 0.6) is 0 Å². The summed E-state index contributed by atoms with van der Waals surface area (Å²) >= 11 is 1.71. The SMILES string of the molecule is [Pt+2].[c-]1c(N(c2ccccc2)c2cccc(-c3[c-]c4ccccc4s3)n2)cccc1-n1cccn1. The number of aromatic nitrogens is 3. The van der Waals surface area contributed by atoms with Gasteiger partial charge in [0.15, 0.2) is 0 Å². The van der Waals surface area contributed by atoms with E-state index in [0.717, 1.165) is 38.8 Å². The van der Waals surface area contributed by atoms with Gasteiger partial charge < -0.3 is 4.90 Å². The van der Waals surface area contributed by atoms with Gasteiger partial charge in [0.25, 0.3) is 0 Å². The molecule has 6 aromatic rings. The maximum absolute atomic E-state index is 5.05. The number of hydrogen-bond acceptors (Lipinski definition) is 4. The van der Waals surface area contributed by atoms with E-state index in [4.69, 9.17) is 4.98 Å². The molecule has 0 amide bonds. The second-order valence-electron chi connectivity index (χ2n) is 7.48. The van der Waals surface area contributed by atoms with Gasteiger partial charge in [0, 0.05) is 23.8 Å². The van der Waals surface area contributed by atoms with E-state index in [0.29, 0.717) is 0 Å². The van der Waals surface area contributed by atoms with Crippen molar-refractivity contribution in [2.75, 3.05) is 4.90 Å². The van der Waals surface area contributed by atoms with Crippen LogP contribution in [0, 0.1) is 12.1 Å². The van der Waals surface area contributed by atoms with Crippen molar-refractivity contribution in [1.82, 2.24) is 14.8 Å². The number of anilines is 3. The van der Waals surface area contributed by atoms with Gasteiger partial charge in [-0.1, -0.05) is 48.2 Å². The predicted octanol–water partition coefficient (Wildman–Crippen LogP) is 7.22. The van der Waals surface area contributed by atoms with Crippen LogP contribution in [0.2, 0.25) is 0 Å². The van der Waals surface area contributed by atoms with Crippen molar-refractivity contribution >= 4 is 38.6 Å². The number of benzene rings is 3. The minimum Gasteiger partial charge on any atom is -0.320 e. The second kappa shape index (κ2) is 9.76. The molecule has 0 aliphatic carbocycles. The predicted molar refractivity (Wildman–Crippen MR) is 135 cm³/mol. The molecule has 0 aliphatic rings. The fourth-order valence-electron chi connectivity index (χ4n) is 3.80. The quantitative estimate of drug-likeness (QED) is 0.187. The average Bonchev–Trinajstić information content (AvgIpc) is 3.56. The Balaban J connectivity index is 0.00000241. The van der Waals surface area contributed by atoms with E-state index in [-0.39, 0.29) is 21.1 Å². The zero-order chi connectivity index (χ0) is 22.0. The molecule has 0 atom stereocenters. The summed E-state index contributed by atoms with van der Waals surface area (Å²) in [6.07, 6.45) is 3.68. The summed E-state index contributed by atoms with van der Waals surface area (Å²) < 4.78 is 3.02. The number of rotatable bonds is 5. The number of nitrogens with zero attached hydrogens (tertiary/aromatic N) is 4. The Bertz CT molecular complexity index is 1490. The summed E-state index contributed by atoms with van der Waals surface area (Å²) in [5, 5.41) is 5.47. The monoisotopic (exact) mass is 637 g/mol. The molecule has 0 spiro atoms. The standard InChI is InChI=1S/C28H18N4S.Pt/c1-2-10-22(11-3-1)32(24-13-6-12-23(20-24)31-18-8-17-29-31)28-16-7-14-25(30-28)27-19-21-9-4-5-15-26(21)33-27;/h1-18H;/q-2;+2. The molecule has 0 radical (unpaired) electrons. The summed E-state index contributed by atoms with van der Waals surface area (Å²) in [5.74, 6) is 0.818. The third kappa shape index (κ3) is 4.33. The third-order valence-corrected chi connectivity index (χ3v) is 6.41. The number of hydrogen-bond donors (Lipinski definition) is 0. The van der Waals surface area contributed by atoms with Crippen molar-refractivity contribution in [3.05, 3.63) is 122 Å². The van der Waals surface area contributed by atoms with Gasteiger partial charge in [-0.05, 0) is 39.5 Å². The Morgan fingerprint density at radius 2 is 1.59 bits per heavy atom. The molecule has 34 heavy (non-hydrogen) atoms. The summed E-state index contributed by atoms with van der Waals surface area (Å²) in [5.41, 5.74) is 3.67. The minimum absolute atomic E-state index is 0. The molecule has 6 rings (SSSR count). The van der Waals surface area contributed by atoms with Crippen LogP contribution in [0.4, 0.5) is 17.2 Å². The maximum atomic E-state index is 5.05. The Morgan fingerprint density at radius 3 is 2.41 bits per heavy atom. The summed E-state index contributed by atoms with van der Waals surface area (Å²) in [7, 11) is 0. The van der Waals surface area contributed by atoms with Gasteiger partial charge in [0.1, 0.15) is 5.82 Å². The second-order valence-corrected chi connectivity index (χ2v) is 8.53. The fraction of sp³-hybridized carbons (Fsp3) is 0. The average molecular weight is 638 g/mol. The number of pyridine rings is 1. The van der Waals surface area contributed by atoms with Gasteiger partial charge in [-0.2, -0.15) is 11.2 Å². The van der Waals surface area contributed by atoms with E-state index in [1.807, 2.05) is 77.6 Å². The molecular formula is C28H18N4PtS. The molecule has 0 aliphatic heterocycles. The van der Waals surface area contributed by atoms with Gasteiger partial charge in [-0.3, -0.25) is 9.67 Å². The molecular weight excluding hydrogens is 619 g/mol. The first-order chi connectivity index (χ1) is 16.3. The van der Waals surface area contributed by atoms with E-state index < -0.39 is 0 Å². The Labute approximate surface area is 216 Å². The van der Waals surface area contributed by atoms with Crippen LogP contribution in [-0.2, 0) is 21.1 Å². The molecule has 0 N–H and O–H groups in total. The Kier molecular flexibility index (Phi) is 6.39. The molecule has 0 unspecified atom stereocenters. The zero-order valence-electron chi connectivity index (χ0n) is 17.9. The van der Waals surface area contributed by atoms with Gasteiger partial charge in [0.05, 0.1) is 0 Å². The maximum Gasteiger partial charge on any atom is 2.00 e. The van der Waals surface area contributed by atoms with Crippen LogP contribution in [0.3, 0.4) is 0 Å². The normalized spacial score (nSPS) is 10.7. The topological polar surface area (TPSA) is 34.0 Å². The third-order valence-electron chi connectivity index (χ3n) is 5.31. The molecule has 3 aromatic carbocycles. The molecule has 6 heteroatoms. The fourth-order valence-corrected chi connectivity index (χ4v) is 4.77. The first-order valence-corrected chi connectivity index (χ1v) is 11.4. The number of para-hydroxylation sites is 1. The van der Waals surface area contributed by atoms with Gasteiger partial charge >= 0.3 is 21.1 Å². The summed E-state index contributed by atoms with van der Waals surface area (Å²) in [4.78, 5) is 8.19. The largest absolute Gasteiger partial charge is 2.00 e. The molecule has 0 saturated heterocycles. The van der Waals surface area contributed by atoms with Crippen LogP contribution in [-0.4, -0.2) is 14.8 Å². The molecule has 3 aromatic heterocycles. The minimum atomic E-state index is 0. The van der Waals surface area contributed by atoms with Crippen molar-refractivity contribution in [3.8, 4) is 16.3 Å². The van der Waals surface area contributed by atoms with E-state index in [9.17, 15) is 0 Å². The molecule has 0 saturated carbocycles. The van der Waals surface area contributed by atoms with Gasteiger partial charge in [0.2, 0.25) is 0 Å². The van der Waals surface area contributed by atoms with Crippen molar-refractivity contribution in [2.45, 2.75) is 0 Å². The first kappa shape index (κ1) is 22.3. The van der Waals surface area contributed by atoms with Crippen LogP contribution in [0.25, 0.3) is 26.3 Å². The smallest absolute Gasteiger partial charge is 0.320 e. The van der Waals surface area contributed by atoms with E-state index in [2.05, 4.69) is 52.5 Å². The Hall–Kier alpha value is -3.53. The van der Waals surface area contributed by atoms with Crippen molar-refractivity contribution in [1.29, 1.82) is 0 Å². The van der Waals surface area contributed by atoms with E-state index in [1.165, 1.54) is 4.70 Å². The molecule has 0 bridgehead atoms. The summed E-state index contributed by atoms with van der Waals surface area (Å²) in [6.45, 7) is 0. The number of fused-ring (bicyclic) bond motifs is 1. The molecule has 3 heterocycles. The van der Waals surface area contributed by atoms with Gasteiger partial charge in [-0.15, -0.1) is 41.8 Å². The summed E-state index contributed by atoms with van der Waals surface area (Å²) in [6, 6.07) is 39.6. The Morgan fingerprint density at radius 1 is 0.765 bits per heavy atom. The van der Waals surface area contributed by atoms with Crippen molar-refractivity contribution in [2.24, 2.45) is 0 Å². The van der Waals surface area contributed by atoms with E-state index in [1.54, 1.807) is 17.5 Å². The van der Waals surface area contributed by atoms with Crippen LogP contribution in [0.1, 0.15) is 0 Å². The first-order valence-electron chi connectivity index (χ1n) is 10.6. The van der Waals surface area contributed by atoms with Crippen LogP contribution in [0.15, 0.2) is 109 Å². The molecule has 166 valence electrons. The van der Waals surface area contributed by atoms with Crippen molar-refractivity contribution < 1.29 is 21.1 Å². The van der Waals surface area contributed by atoms with Crippen molar-refractivity contribution in [3.63, 3.8) is 0 Å². The van der Waals surface area contributed by atoms with Crippen LogP contribution >= 0.6 is 11.3 Å². The van der Waals surface area contributed by atoms with Gasteiger partial charge in [-0.25, -0.2) is 11.3 Å². The van der Waals surface area contributed by atoms with E-state index >= 15 is 0 Å². The zero-order valence-corrected chi connectivity index (χ0v) is 21.0. The number of thiophene rings is 1. The molecule has 4 nitrogen and oxygen atoms in total. The van der Waals surface area contributed by atoms with Crippen LogP contribution < -0.4 is 4.90 Å². The molecule has 0 fully saturated rings.